The molecule has 0 radical (unpaired) electrons. The molecular formula is C11H13NO3. The summed E-state index contributed by atoms with van der Waals surface area (Å²) in [5.41, 5.74) is 0.934. The van der Waals surface area contributed by atoms with Crippen molar-refractivity contribution in [2.24, 2.45) is 0 Å². The smallest absolute Gasteiger partial charge is 0.325 e. The van der Waals surface area contributed by atoms with E-state index in [0.717, 1.165) is 12.0 Å². The topological polar surface area (TPSA) is 55.4 Å². The standard InChI is InChI=1S/C11H13NO3/c13-9-12-7-11(14)15-8-10-5-3-1-2-4-6-10/h1,3-6,9H,2,7-8H2,(H,12,13). The quantitative estimate of drug-likeness (QED) is 0.533. The lowest BCUT2D eigenvalue weighted by atomic mass is 10.2. The van der Waals surface area contributed by atoms with Gasteiger partial charge in [-0.15, -0.1) is 0 Å². The van der Waals surface area contributed by atoms with Crippen LogP contribution in [0.3, 0.4) is 0 Å². The number of carbonyl (C=O) groups excluding carboxylic acids is 2. The maximum Gasteiger partial charge on any atom is 0.325 e. The first kappa shape index (κ1) is 11.2. The fraction of sp³-hybridized carbons (Fsp3) is 0.273. The minimum Gasteiger partial charge on any atom is -0.460 e. The van der Waals surface area contributed by atoms with Crippen molar-refractivity contribution in [3.8, 4) is 0 Å². The second-order valence-corrected chi connectivity index (χ2v) is 2.97. The third-order valence-electron chi connectivity index (χ3n) is 1.78. The lowest BCUT2D eigenvalue weighted by molar-refractivity contribution is -0.142. The minimum absolute atomic E-state index is 0.0870. The molecule has 0 saturated heterocycles. The van der Waals surface area contributed by atoms with E-state index in [2.05, 4.69) is 5.32 Å². The Bertz CT molecular complexity index is 316. The molecule has 1 aliphatic carbocycles. The Hall–Kier alpha value is -1.84. The van der Waals surface area contributed by atoms with Crippen molar-refractivity contribution in [3.63, 3.8) is 0 Å². The van der Waals surface area contributed by atoms with E-state index in [4.69, 9.17) is 4.74 Å². The first-order valence-electron chi connectivity index (χ1n) is 4.68. The monoisotopic (exact) mass is 207 g/mol. The summed E-state index contributed by atoms with van der Waals surface area (Å²) >= 11 is 0. The zero-order chi connectivity index (χ0) is 10.9. The van der Waals surface area contributed by atoms with Gasteiger partial charge in [0, 0.05) is 0 Å². The first-order valence-corrected chi connectivity index (χ1v) is 4.68. The first-order chi connectivity index (χ1) is 7.33. The van der Waals surface area contributed by atoms with Gasteiger partial charge in [-0.1, -0.05) is 30.4 Å². The summed E-state index contributed by atoms with van der Waals surface area (Å²) in [6.07, 6.45) is 11.1. The summed E-state index contributed by atoms with van der Waals surface area (Å²) in [7, 11) is 0. The summed E-state index contributed by atoms with van der Waals surface area (Å²) in [5.74, 6) is -0.440. The molecule has 0 saturated carbocycles. The third kappa shape index (κ3) is 4.81. The Morgan fingerprint density at radius 1 is 1.53 bits per heavy atom. The molecule has 1 rings (SSSR count). The number of carbonyl (C=O) groups is 2. The molecule has 15 heavy (non-hydrogen) atoms. The van der Waals surface area contributed by atoms with Gasteiger partial charge in [-0.05, 0) is 12.0 Å². The average molecular weight is 207 g/mol. The van der Waals surface area contributed by atoms with Crippen molar-refractivity contribution < 1.29 is 14.3 Å². The van der Waals surface area contributed by atoms with E-state index in [0.29, 0.717) is 6.41 Å². The van der Waals surface area contributed by atoms with Gasteiger partial charge in [-0.2, -0.15) is 0 Å². The van der Waals surface area contributed by atoms with E-state index in [-0.39, 0.29) is 13.2 Å². The van der Waals surface area contributed by atoms with Crippen LogP contribution in [0.2, 0.25) is 0 Å². The normalized spacial score (nSPS) is 14.0. The number of nitrogens with one attached hydrogen (secondary N) is 1. The van der Waals surface area contributed by atoms with Crippen molar-refractivity contribution in [1.29, 1.82) is 0 Å². The Balaban J connectivity index is 2.29. The third-order valence-corrected chi connectivity index (χ3v) is 1.78. The molecule has 0 atom stereocenters. The number of rotatable bonds is 5. The molecule has 0 heterocycles. The second-order valence-electron chi connectivity index (χ2n) is 2.97. The summed E-state index contributed by atoms with van der Waals surface area (Å²) in [4.78, 5) is 20.9. The summed E-state index contributed by atoms with van der Waals surface area (Å²) in [6.45, 7) is 0.149. The number of allylic oxidation sites excluding steroid dienone is 4. The van der Waals surface area contributed by atoms with Crippen LogP contribution < -0.4 is 5.32 Å². The largest absolute Gasteiger partial charge is 0.460 e. The van der Waals surface area contributed by atoms with Gasteiger partial charge in [0.15, 0.2) is 0 Å². The minimum atomic E-state index is -0.440. The van der Waals surface area contributed by atoms with Crippen LogP contribution in [0.15, 0.2) is 36.0 Å². The van der Waals surface area contributed by atoms with Gasteiger partial charge in [0.1, 0.15) is 13.2 Å². The number of ether oxygens (including phenoxy) is 1. The van der Waals surface area contributed by atoms with Crippen LogP contribution in [0.4, 0.5) is 0 Å². The predicted molar refractivity (Wildman–Crippen MR) is 56.0 cm³/mol. The number of amides is 1. The van der Waals surface area contributed by atoms with Crippen LogP contribution >= 0.6 is 0 Å². The molecule has 0 aliphatic heterocycles. The summed E-state index contributed by atoms with van der Waals surface area (Å²) in [5, 5.41) is 2.24. The van der Waals surface area contributed by atoms with Crippen LogP contribution in [0.5, 0.6) is 0 Å². The molecular weight excluding hydrogens is 194 g/mol. The van der Waals surface area contributed by atoms with Gasteiger partial charge >= 0.3 is 5.97 Å². The van der Waals surface area contributed by atoms with Gasteiger partial charge in [-0.3, -0.25) is 9.59 Å². The van der Waals surface area contributed by atoms with Gasteiger partial charge < -0.3 is 10.1 Å². The van der Waals surface area contributed by atoms with Gasteiger partial charge in [0.25, 0.3) is 0 Å². The summed E-state index contributed by atoms with van der Waals surface area (Å²) in [6, 6.07) is 0. The van der Waals surface area contributed by atoms with Gasteiger partial charge in [-0.25, -0.2) is 0 Å². The molecule has 4 heteroatoms. The van der Waals surface area contributed by atoms with E-state index in [1.165, 1.54) is 0 Å². The molecule has 1 amide bonds. The maximum atomic E-state index is 11.0. The molecule has 0 aromatic rings. The maximum absolute atomic E-state index is 11.0. The predicted octanol–water partition coefficient (Wildman–Crippen LogP) is 0.718. The molecule has 0 spiro atoms. The molecule has 0 bridgehead atoms. The lowest BCUT2D eigenvalue weighted by Gasteiger charge is -2.04. The van der Waals surface area contributed by atoms with Crippen molar-refractivity contribution in [3.05, 3.63) is 36.0 Å². The Kier molecular flexibility index (Phi) is 4.94. The van der Waals surface area contributed by atoms with Crippen LogP contribution in [-0.2, 0) is 14.3 Å². The number of hydrogen-bond acceptors (Lipinski definition) is 3. The van der Waals surface area contributed by atoms with Crippen LogP contribution in [0.25, 0.3) is 0 Å². The lowest BCUT2D eigenvalue weighted by Crippen LogP contribution is -2.23. The molecule has 80 valence electrons. The molecule has 0 unspecified atom stereocenters. The molecule has 1 N–H and O–H groups in total. The van der Waals surface area contributed by atoms with E-state index < -0.39 is 5.97 Å². The molecule has 4 nitrogen and oxygen atoms in total. The molecule has 1 aliphatic rings. The Morgan fingerprint density at radius 2 is 2.40 bits per heavy atom. The highest BCUT2D eigenvalue weighted by atomic mass is 16.5. The molecule has 0 fully saturated rings. The van der Waals surface area contributed by atoms with Crippen molar-refractivity contribution in [1.82, 2.24) is 5.32 Å². The van der Waals surface area contributed by atoms with Gasteiger partial charge in [0.2, 0.25) is 6.41 Å². The van der Waals surface area contributed by atoms with Gasteiger partial charge in [0.05, 0.1) is 0 Å². The van der Waals surface area contributed by atoms with E-state index >= 15 is 0 Å². The second kappa shape index (κ2) is 6.59. The number of esters is 1. The zero-order valence-corrected chi connectivity index (χ0v) is 8.31. The van der Waals surface area contributed by atoms with Crippen LogP contribution in [0, 0.1) is 0 Å². The highest BCUT2D eigenvalue weighted by Crippen LogP contribution is 2.04. The van der Waals surface area contributed by atoms with Crippen LogP contribution in [-0.4, -0.2) is 25.5 Å². The van der Waals surface area contributed by atoms with Crippen molar-refractivity contribution in [2.45, 2.75) is 6.42 Å². The summed E-state index contributed by atoms with van der Waals surface area (Å²) < 4.78 is 4.93. The molecule has 0 aromatic heterocycles. The van der Waals surface area contributed by atoms with Crippen molar-refractivity contribution in [2.75, 3.05) is 13.2 Å². The van der Waals surface area contributed by atoms with E-state index in [9.17, 15) is 9.59 Å². The van der Waals surface area contributed by atoms with E-state index in [1.807, 2.05) is 30.4 Å². The molecule has 0 aromatic carbocycles. The fourth-order valence-electron chi connectivity index (χ4n) is 1.06. The fourth-order valence-corrected chi connectivity index (χ4v) is 1.06. The highest BCUT2D eigenvalue weighted by molar-refractivity contribution is 5.74. The number of hydrogen-bond donors (Lipinski definition) is 1. The van der Waals surface area contributed by atoms with E-state index in [1.54, 1.807) is 0 Å². The SMILES string of the molecule is O=CNCC(=O)OCC1=CC=CCC=C1. The zero-order valence-electron chi connectivity index (χ0n) is 8.31. The Labute approximate surface area is 88.3 Å². The van der Waals surface area contributed by atoms with Crippen LogP contribution in [0.1, 0.15) is 6.42 Å². The average Bonchev–Trinajstić information content (AvgIpc) is 2.51. The van der Waals surface area contributed by atoms with Crippen molar-refractivity contribution >= 4 is 12.4 Å². The Morgan fingerprint density at radius 3 is 3.20 bits per heavy atom. The highest BCUT2D eigenvalue weighted by Gasteiger charge is 2.02.